The number of likely N-dealkylation sites (tertiary alicyclic amines) is 1. The van der Waals surface area contributed by atoms with Crippen LogP contribution in [0.4, 0.5) is 0 Å². The molecule has 0 saturated carbocycles. The molecule has 1 aliphatic rings. The number of aliphatic hydroxyl groups is 1. The molecule has 3 N–H and O–H groups in total. The number of nitrogens with one attached hydrogen (secondary N) is 2. The number of benzene rings is 1. The van der Waals surface area contributed by atoms with Crippen LogP contribution >= 0.6 is 0 Å². The van der Waals surface area contributed by atoms with Crippen LogP contribution in [0.15, 0.2) is 36.4 Å². The molecule has 1 atom stereocenters. The number of aromatic amines is 1. The smallest absolute Gasteiger partial charge is 0.271 e. The monoisotopic (exact) mass is 342 g/mol. The van der Waals surface area contributed by atoms with Crippen LogP contribution in [0.2, 0.25) is 0 Å². The first kappa shape index (κ1) is 17.6. The minimum absolute atomic E-state index is 0.119. The van der Waals surface area contributed by atoms with Crippen molar-refractivity contribution in [3.8, 4) is 0 Å². The van der Waals surface area contributed by atoms with Crippen LogP contribution in [0, 0.1) is 12.8 Å². The minimum atomic E-state index is -0.444. The Balaban J connectivity index is 1.39. The zero-order valence-electron chi connectivity index (χ0n) is 14.6. The predicted molar refractivity (Wildman–Crippen MR) is 96.2 cm³/mol. The summed E-state index contributed by atoms with van der Waals surface area (Å²) in [6, 6.07) is 11.5. The molecule has 6 heteroatoms. The number of carbonyl (C=O) groups is 1. The van der Waals surface area contributed by atoms with Gasteiger partial charge in [0.05, 0.1) is 6.10 Å². The van der Waals surface area contributed by atoms with Crippen molar-refractivity contribution in [3.05, 3.63) is 53.3 Å². The fourth-order valence-electron chi connectivity index (χ4n) is 3.26. The van der Waals surface area contributed by atoms with E-state index >= 15 is 0 Å². The molecule has 3 rings (SSSR count). The lowest BCUT2D eigenvalue weighted by atomic mass is 9.96. The number of piperidine rings is 1. The van der Waals surface area contributed by atoms with Crippen LogP contribution in [0.25, 0.3) is 0 Å². The number of rotatable bonds is 6. The van der Waals surface area contributed by atoms with Crippen molar-refractivity contribution in [1.29, 1.82) is 0 Å². The molecular formula is C19H26N4O2. The Morgan fingerprint density at radius 3 is 2.72 bits per heavy atom. The van der Waals surface area contributed by atoms with Gasteiger partial charge in [-0.25, -0.2) is 0 Å². The molecule has 2 heterocycles. The van der Waals surface area contributed by atoms with Gasteiger partial charge in [0.1, 0.15) is 5.69 Å². The molecule has 25 heavy (non-hydrogen) atoms. The molecule has 0 spiro atoms. The average Bonchev–Trinajstić information content (AvgIpc) is 3.08. The van der Waals surface area contributed by atoms with Gasteiger partial charge >= 0.3 is 0 Å². The van der Waals surface area contributed by atoms with Crippen LogP contribution in [0.1, 0.15) is 40.7 Å². The van der Waals surface area contributed by atoms with Gasteiger partial charge in [-0.2, -0.15) is 5.10 Å². The number of nitrogens with zero attached hydrogens (tertiary/aromatic N) is 2. The summed E-state index contributed by atoms with van der Waals surface area (Å²) in [6.07, 6.45) is 1.61. The predicted octanol–water partition coefficient (Wildman–Crippen LogP) is 1.89. The van der Waals surface area contributed by atoms with Gasteiger partial charge in [-0.05, 0) is 50.4 Å². The van der Waals surface area contributed by atoms with Crippen molar-refractivity contribution >= 4 is 5.91 Å². The molecule has 1 unspecified atom stereocenters. The maximum absolute atomic E-state index is 12.0. The first-order valence-electron chi connectivity index (χ1n) is 8.87. The minimum Gasteiger partial charge on any atom is -0.387 e. The molecule has 1 amide bonds. The highest BCUT2D eigenvalue weighted by atomic mass is 16.3. The lowest BCUT2D eigenvalue weighted by Crippen LogP contribution is -2.40. The summed E-state index contributed by atoms with van der Waals surface area (Å²) in [5.74, 6) is 0.361. The Morgan fingerprint density at radius 2 is 2.08 bits per heavy atom. The van der Waals surface area contributed by atoms with Crippen LogP contribution in [-0.4, -0.2) is 52.3 Å². The second kappa shape index (κ2) is 8.27. The van der Waals surface area contributed by atoms with E-state index in [9.17, 15) is 9.90 Å². The number of hydrogen-bond donors (Lipinski definition) is 3. The van der Waals surface area contributed by atoms with E-state index in [0.717, 1.165) is 37.2 Å². The zero-order valence-corrected chi connectivity index (χ0v) is 14.6. The summed E-state index contributed by atoms with van der Waals surface area (Å²) >= 11 is 0. The normalized spacial score (nSPS) is 17.4. The van der Waals surface area contributed by atoms with E-state index in [1.54, 1.807) is 6.07 Å². The number of aliphatic hydroxyl groups excluding tert-OH is 1. The summed E-state index contributed by atoms with van der Waals surface area (Å²) in [7, 11) is 0. The Kier molecular flexibility index (Phi) is 5.83. The molecule has 1 aliphatic heterocycles. The molecule has 0 bridgehead atoms. The van der Waals surface area contributed by atoms with Crippen molar-refractivity contribution in [2.24, 2.45) is 5.92 Å². The van der Waals surface area contributed by atoms with E-state index in [1.165, 1.54) is 0 Å². The van der Waals surface area contributed by atoms with Gasteiger partial charge in [0.25, 0.3) is 5.91 Å². The van der Waals surface area contributed by atoms with E-state index in [2.05, 4.69) is 20.4 Å². The molecule has 0 aliphatic carbocycles. The molecule has 1 saturated heterocycles. The highest BCUT2D eigenvalue weighted by Gasteiger charge is 2.22. The molecule has 6 nitrogen and oxygen atoms in total. The molecule has 134 valence electrons. The van der Waals surface area contributed by atoms with Crippen molar-refractivity contribution in [2.45, 2.75) is 25.9 Å². The van der Waals surface area contributed by atoms with Gasteiger partial charge in [0.2, 0.25) is 0 Å². The van der Waals surface area contributed by atoms with Crippen molar-refractivity contribution in [3.63, 3.8) is 0 Å². The van der Waals surface area contributed by atoms with Gasteiger partial charge in [0, 0.05) is 18.8 Å². The summed E-state index contributed by atoms with van der Waals surface area (Å²) in [5.41, 5.74) is 2.29. The number of aryl methyl sites for hydroxylation is 1. The number of amides is 1. The third kappa shape index (κ3) is 4.90. The summed E-state index contributed by atoms with van der Waals surface area (Å²) < 4.78 is 0. The van der Waals surface area contributed by atoms with Gasteiger partial charge < -0.3 is 15.3 Å². The average molecular weight is 342 g/mol. The van der Waals surface area contributed by atoms with E-state index in [1.807, 2.05) is 37.3 Å². The summed E-state index contributed by atoms with van der Waals surface area (Å²) in [6.45, 7) is 5.12. The van der Waals surface area contributed by atoms with Gasteiger partial charge in [0.15, 0.2) is 0 Å². The fraction of sp³-hybridized carbons (Fsp3) is 0.474. The molecular weight excluding hydrogens is 316 g/mol. The quantitative estimate of drug-likeness (QED) is 0.749. The maximum atomic E-state index is 12.0. The SMILES string of the molecule is Cc1cc(C(=O)NCC2CCN(CC(O)c3ccccc3)CC2)n[nH]1. The number of carbonyl (C=O) groups excluding carboxylic acids is 1. The number of β-amino-alcohol motifs (C(OH)–C–C–N with tert-alkyl or cyclic N) is 1. The van der Waals surface area contributed by atoms with Crippen molar-refractivity contribution in [1.82, 2.24) is 20.4 Å². The molecule has 1 fully saturated rings. The molecule has 1 aromatic heterocycles. The van der Waals surface area contributed by atoms with Crippen molar-refractivity contribution in [2.75, 3.05) is 26.2 Å². The van der Waals surface area contributed by atoms with Gasteiger partial charge in [-0.3, -0.25) is 9.89 Å². The van der Waals surface area contributed by atoms with E-state index in [0.29, 0.717) is 24.7 Å². The number of hydrogen-bond acceptors (Lipinski definition) is 4. The first-order valence-corrected chi connectivity index (χ1v) is 8.87. The van der Waals surface area contributed by atoms with Crippen LogP contribution in [0.5, 0.6) is 0 Å². The standard InChI is InChI=1S/C19H26N4O2/c1-14-11-17(22-21-14)19(25)20-12-15-7-9-23(10-8-15)13-18(24)16-5-3-2-4-6-16/h2-6,11,15,18,24H,7-10,12-13H2,1H3,(H,20,25)(H,21,22). The number of aromatic nitrogens is 2. The summed E-state index contributed by atoms with van der Waals surface area (Å²) in [5, 5.41) is 20.1. The Hall–Kier alpha value is -2.18. The third-order valence-electron chi connectivity index (χ3n) is 4.81. The van der Waals surface area contributed by atoms with Crippen molar-refractivity contribution < 1.29 is 9.90 Å². The Labute approximate surface area is 148 Å². The van der Waals surface area contributed by atoms with Gasteiger partial charge in [-0.1, -0.05) is 30.3 Å². The second-order valence-electron chi connectivity index (χ2n) is 6.82. The first-order chi connectivity index (χ1) is 12.1. The molecule has 1 aromatic carbocycles. The third-order valence-corrected chi connectivity index (χ3v) is 4.81. The maximum Gasteiger partial charge on any atom is 0.271 e. The molecule has 0 radical (unpaired) electrons. The lowest BCUT2D eigenvalue weighted by Gasteiger charge is -2.33. The Bertz CT molecular complexity index is 678. The van der Waals surface area contributed by atoms with Crippen LogP contribution < -0.4 is 5.32 Å². The lowest BCUT2D eigenvalue weighted by molar-refractivity contribution is 0.0850. The summed E-state index contributed by atoms with van der Waals surface area (Å²) in [4.78, 5) is 14.3. The van der Waals surface area contributed by atoms with Crippen LogP contribution in [-0.2, 0) is 0 Å². The highest BCUT2D eigenvalue weighted by molar-refractivity contribution is 5.92. The van der Waals surface area contributed by atoms with Gasteiger partial charge in [-0.15, -0.1) is 0 Å². The Morgan fingerprint density at radius 1 is 1.36 bits per heavy atom. The van der Waals surface area contributed by atoms with E-state index in [4.69, 9.17) is 0 Å². The number of H-pyrrole nitrogens is 1. The van der Waals surface area contributed by atoms with Crippen LogP contribution in [0.3, 0.4) is 0 Å². The largest absolute Gasteiger partial charge is 0.387 e. The fourth-order valence-corrected chi connectivity index (χ4v) is 3.26. The van der Waals surface area contributed by atoms with E-state index in [-0.39, 0.29) is 5.91 Å². The highest BCUT2D eigenvalue weighted by Crippen LogP contribution is 2.20. The zero-order chi connectivity index (χ0) is 17.6. The molecule has 2 aromatic rings. The second-order valence-corrected chi connectivity index (χ2v) is 6.82. The van der Waals surface area contributed by atoms with E-state index < -0.39 is 6.10 Å². The topological polar surface area (TPSA) is 81.2 Å².